The first-order chi connectivity index (χ1) is 5.75. The first-order valence-electron chi connectivity index (χ1n) is 4.05. The maximum atomic E-state index is 11.1. The van der Waals surface area contributed by atoms with Gasteiger partial charge in [-0.25, -0.2) is 0 Å². The van der Waals surface area contributed by atoms with Crippen molar-refractivity contribution in [2.24, 2.45) is 0 Å². The Balaban J connectivity index is 2.69. The third-order valence-electron chi connectivity index (χ3n) is 1.97. The Bertz CT molecular complexity index is 260. The molecule has 0 N–H and O–H groups in total. The zero-order valence-electron chi connectivity index (χ0n) is 6.80. The molecular weight excluding hydrogens is 154 g/mol. The van der Waals surface area contributed by atoms with Crippen molar-refractivity contribution in [3.05, 3.63) is 11.3 Å². The highest BCUT2D eigenvalue weighted by atomic mass is 16.3. The van der Waals surface area contributed by atoms with E-state index in [2.05, 4.69) is 0 Å². The van der Waals surface area contributed by atoms with Crippen molar-refractivity contribution in [2.45, 2.75) is 32.1 Å². The van der Waals surface area contributed by atoms with Crippen molar-refractivity contribution >= 4 is 5.78 Å². The summed E-state index contributed by atoms with van der Waals surface area (Å²) in [6.07, 6.45) is 2.24. The molecule has 3 nitrogen and oxygen atoms in total. The zero-order chi connectivity index (χ0) is 8.97. The largest absolute Gasteiger partial charge is 0.875 e. The van der Waals surface area contributed by atoms with Gasteiger partial charge in [-0.2, -0.15) is 5.26 Å². The topological polar surface area (TPSA) is 63.9 Å². The fourth-order valence-corrected chi connectivity index (χ4v) is 1.33. The normalized spacial score (nSPS) is 17.8. The molecule has 0 aromatic heterocycles. The predicted octanol–water partition coefficient (Wildman–Crippen LogP) is 0.658. The molecule has 0 saturated heterocycles. The summed E-state index contributed by atoms with van der Waals surface area (Å²) in [6, 6.07) is 1.93. The van der Waals surface area contributed by atoms with Gasteiger partial charge in [0.15, 0.2) is 5.78 Å². The van der Waals surface area contributed by atoms with Crippen molar-refractivity contribution in [1.82, 2.24) is 0 Å². The lowest BCUT2D eigenvalue weighted by Crippen LogP contribution is -2.18. The van der Waals surface area contributed by atoms with E-state index in [0.717, 1.165) is 0 Å². The summed E-state index contributed by atoms with van der Waals surface area (Å²) in [5, 5.41) is 19.4. The van der Waals surface area contributed by atoms with E-state index in [1.165, 1.54) is 0 Å². The van der Waals surface area contributed by atoms with Gasteiger partial charge in [0.25, 0.3) is 0 Å². The second-order valence-corrected chi connectivity index (χ2v) is 2.84. The van der Waals surface area contributed by atoms with Crippen molar-refractivity contribution in [3.8, 4) is 6.07 Å². The second-order valence-electron chi connectivity index (χ2n) is 2.84. The molecule has 12 heavy (non-hydrogen) atoms. The molecule has 0 spiro atoms. The molecule has 1 aliphatic rings. The minimum absolute atomic E-state index is 0.0542. The Morgan fingerprint density at radius 1 is 1.50 bits per heavy atom. The molecular formula is C9H10NO2-. The summed E-state index contributed by atoms with van der Waals surface area (Å²) < 4.78 is 0. The van der Waals surface area contributed by atoms with Gasteiger partial charge in [0.05, 0.1) is 6.07 Å². The number of carbonyl (C=O) groups excluding carboxylic acids is 1. The van der Waals surface area contributed by atoms with Gasteiger partial charge in [0, 0.05) is 12.8 Å². The molecule has 0 fully saturated rings. The monoisotopic (exact) mass is 164 g/mol. The number of hydrogen-bond donors (Lipinski definition) is 0. The van der Waals surface area contributed by atoms with Gasteiger partial charge in [-0.15, -0.1) is 5.76 Å². The SMILES string of the molecule is N#CCCC1=C([O-])CCCC1=O. The van der Waals surface area contributed by atoms with Crippen LogP contribution in [0.4, 0.5) is 0 Å². The molecule has 0 amide bonds. The number of hydrogen-bond acceptors (Lipinski definition) is 3. The number of carbonyl (C=O) groups is 1. The molecule has 0 atom stereocenters. The minimum atomic E-state index is -0.0542. The summed E-state index contributed by atoms with van der Waals surface area (Å²) in [4.78, 5) is 11.1. The molecule has 0 bridgehead atoms. The van der Waals surface area contributed by atoms with Crippen LogP contribution in [0.5, 0.6) is 0 Å². The van der Waals surface area contributed by atoms with Crippen LogP contribution in [-0.2, 0) is 4.79 Å². The quantitative estimate of drug-likeness (QED) is 0.602. The fraction of sp³-hybridized carbons (Fsp3) is 0.556. The molecule has 0 aromatic rings. The smallest absolute Gasteiger partial charge is 0.157 e. The number of nitriles is 1. The number of allylic oxidation sites excluding steroid dienone is 2. The van der Waals surface area contributed by atoms with Crippen LogP contribution in [0.3, 0.4) is 0 Å². The average molecular weight is 164 g/mol. The number of ketones is 1. The van der Waals surface area contributed by atoms with Crippen LogP contribution in [0.25, 0.3) is 0 Å². The van der Waals surface area contributed by atoms with Crippen LogP contribution < -0.4 is 5.11 Å². The van der Waals surface area contributed by atoms with Crippen LogP contribution in [0.1, 0.15) is 32.1 Å². The summed E-state index contributed by atoms with van der Waals surface area (Å²) >= 11 is 0. The lowest BCUT2D eigenvalue weighted by molar-refractivity contribution is -0.309. The van der Waals surface area contributed by atoms with Gasteiger partial charge in [0.2, 0.25) is 0 Å². The molecule has 0 radical (unpaired) electrons. The summed E-state index contributed by atoms with van der Waals surface area (Å²) in [6.45, 7) is 0. The van der Waals surface area contributed by atoms with E-state index in [0.29, 0.717) is 31.3 Å². The van der Waals surface area contributed by atoms with E-state index in [9.17, 15) is 9.90 Å². The van der Waals surface area contributed by atoms with Gasteiger partial charge < -0.3 is 5.11 Å². The van der Waals surface area contributed by atoms with E-state index in [1.807, 2.05) is 6.07 Å². The minimum Gasteiger partial charge on any atom is -0.875 e. The van der Waals surface area contributed by atoms with Crippen molar-refractivity contribution in [2.75, 3.05) is 0 Å². The maximum absolute atomic E-state index is 11.1. The summed E-state index contributed by atoms with van der Waals surface area (Å²) in [5.74, 6) is -0.108. The number of rotatable bonds is 2. The second kappa shape index (κ2) is 3.91. The average Bonchev–Trinajstić information content (AvgIpc) is 2.04. The lowest BCUT2D eigenvalue weighted by atomic mass is 9.93. The van der Waals surface area contributed by atoms with Crippen LogP contribution in [0.2, 0.25) is 0 Å². The molecule has 1 aliphatic carbocycles. The van der Waals surface area contributed by atoms with Crippen LogP contribution >= 0.6 is 0 Å². The van der Waals surface area contributed by atoms with Crippen LogP contribution in [-0.4, -0.2) is 5.78 Å². The Morgan fingerprint density at radius 2 is 2.25 bits per heavy atom. The predicted molar refractivity (Wildman–Crippen MR) is 40.7 cm³/mol. The molecule has 1 rings (SSSR count). The third kappa shape index (κ3) is 1.85. The molecule has 0 saturated carbocycles. The van der Waals surface area contributed by atoms with Crippen molar-refractivity contribution < 1.29 is 9.90 Å². The van der Waals surface area contributed by atoms with Gasteiger partial charge >= 0.3 is 0 Å². The fourth-order valence-electron chi connectivity index (χ4n) is 1.33. The van der Waals surface area contributed by atoms with E-state index >= 15 is 0 Å². The van der Waals surface area contributed by atoms with Gasteiger partial charge in [-0.05, 0) is 24.8 Å². The Kier molecular flexibility index (Phi) is 2.87. The van der Waals surface area contributed by atoms with Gasteiger partial charge in [0.1, 0.15) is 0 Å². The molecule has 0 aromatic carbocycles. The number of Topliss-reactive ketones (excluding diaryl/α,β-unsaturated/α-hetero) is 1. The molecule has 64 valence electrons. The highest BCUT2D eigenvalue weighted by Gasteiger charge is 2.14. The summed E-state index contributed by atoms with van der Waals surface area (Å²) in [7, 11) is 0. The van der Waals surface area contributed by atoms with Crippen molar-refractivity contribution in [3.63, 3.8) is 0 Å². The molecule has 0 aliphatic heterocycles. The van der Waals surface area contributed by atoms with Gasteiger partial charge in [-0.3, -0.25) is 4.79 Å². The highest BCUT2D eigenvalue weighted by molar-refractivity contribution is 5.96. The molecule has 3 heteroatoms. The maximum Gasteiger partial charge on any atom is 0.157 e. The first-order valence-corrected chi connectivity index (χ1v) is 4.05. The van der Waals surface area contributed by atoms with Gasteiger partial charge in [-0.1, -0.05) is 0 Å². The lowest BCUT2D eigenvalue weighted by Gasteiger charge is -2.22. The van der Waals surface area contributed by atoms with E-state index < -0.39 is 0 Å². The highest BCUT2D eigenvalue weighted by Crippen LogP contribution is 2.21. The van der Waals surface area contributed by atoms with E-state index in [4.69, 9.17) is 5.26 Å². The third-order valence-corrected chi connectivity index (χ3v) is 1.97. The van der Waals surface area contributed by atoms with E-state index in [1.54, 1.807) is 0 Å². The summed E-state index contributed by atoms with van der Waals surface area (Å²) in [5.41, 5.74) is 0.364. The zero-order valence-corrected chi connectivity index (χ0v) is 6.80. The first kappa shape index (κ1) is 8.79. The van der Waals surface area contributed by atoms with Crippen LogP contribution in [0, 0.1) is 11.3 Å². The Labute approximate surface area is 71.3 Å². The Morgan fingerprint density at radius 3 is 2.83 bits per heavy atom. The standard InChI is InChI=1S/C9H11NO2/c10-6-2-3-7-8(11)4-1-5-9(7)12/h11H,1-5H2/p-1. The molecule has 0 unspecified atom stereocenters. The number of nitrogens with zero attached hydrogens (tertiary/aromatic N) is 1. The van der Waals surface area contributed by atoms with Crippen LogP contribution in [0.15, 0.2) is 11.3 Å². The van der Waals surface area contributed by atoms with Crippen molar-refractivity contribution in [1.29, 1.82) is 5.26 Å². The molecule has 0 heterocycles. The van der Waals surface area contributed by atoms with E-state index in [-0.39, 0.29) is 18.0 Å². The Hall–Kier alpha value is -1.30.